The van der Waals surface area contributed by atoms with Crippen molar-refractivity contribution in [2.45, 2.75) is 13.5 Å². The van der Waals surface area contributed by atoms with Crippen molar-refractivity contribution in [1.29, 1.82) is 0 Å². The van der Waals surface area contributed by atoms with E-state index in [9.17, 15) is 0 Å². The van der Waals surface area contributed by atoms with Gasteiger partial charge in [-0.05, 0) is 30.5 Å². The molecule has 68 valence electrons. The molecule has 1 aromatic carbocycles. The van der Waals surface area contributed by atoms with Crippen molar-refractivity contribution in [3.8, 4) is 0 Å². The zero-order valence-electron chi connectivity index (χ0n) is 7.83. The lowest BCUT2D eigenvalue weighted by atomic mass is 10.2. The third-order valence-electron chi connectivity index (χ3n) is 2.30. The minimum Gasteiger partial charge on any atom is -0.346 e. The fraction of sp³-hybridized carbons (Fsp3) is 0.273. The van der Waals surface area contributed by atoms with Gasteiger partial charge >= 0.3 is 0 Å². The van der Waals surface area contributed by atoms with Gasteiger partial charge in [0.15, 0.2) is 0 Å². The maximum atomic E-state index is 5.52. The highest BCUT2D eigenvalue weighted by Gasteiger charge is 1.98. The molecule has 0 radical (unpaired) electrons. The Labute approximate surface area is 78.0 Å². The van der Waals surface area contributed by atoms with E-state index in [0.29, 0.717) is 6.54 Å². The van der Waals surface area contributed by atoms with E-state index < -0.39 is 0 Å². The van der Waals surface area contributed by atoms with E-state index in [-0.39, 0.29) is 0 Å². The molecule has 0 fully saturated rings. The lowest BCUT2D eigenvalue weighted by molar-refractivity contribution is 0.735. The second-order valence-electron chi connectivity index (χ2n) is 3.36. The molecule has 0 spiro atoms. The molecule has 0 unspecified atom stereocenters. The molecule has 0 atom stereocenters. The molecule has 1 aromatic heterocycles. The van der Waals surface area contributed by atoms with Gasteiger partial charge in [-0.15, -0.1) is 0 Å². The summed E-state index contributed by atoms with van der Waals surface area (Å²) in [5.74, 6) is 0. The summed E-state index contributed by atoms with van der Waals surface area (Å²) >= 11 is 0. The van der Waals surface area contributed by atoms with Gasteiger partial charge in [0.25, 0.3) is 0 Å². The molecule has 0 amide bonds. The van der Waals surface area contributed by atoms with Crippen molar-refractivity contribution in [1.82, 2.24) is 4.57 Å². The highest BCUT2D eigenvalue weighted by Crippen LogP contribution is 2.16. The normalized spacial score (nSPS) is 10.9. The quantitative estimate of drug-likeness (QED) is 0.740. The van der Waals surface area contributed by atoms with E-state index in [1.165, 1.54) is 16.5 Å². The Morgan fingerprint density at radius 1 is 1.31 bits per heavy atom. The van der Waals surface area contributed by atoms with Crippen LogP contribution >= 0.6 is 0 Å². The van der Waals surface area contributed by atoms with Gasteiger partial charge in [0.05, 0.1) is 0 Å². The van der Waals surface area contributed by atoms with Gasteiger partial charge in [-0.2, -0.15) is 0 Å². The van der Waals surface area contributed by atoms with Gasteiger partial charge in [0, 0.05) is 24.8 Å². The molecule has 0 saturated carbocycles. The molecular weight excluding hydrogens is 160 g/mol. The molecule has 2 N–H and O–H groups in total. The fourth-order valence-corrected chi connectivity index (χ4v) is 1.65. The van der Waals surface area contributed by atoms with Gasteiger partial charge < -0.3 is 10.3 Å². The summed E-state index contributed by atoms with van der Waals surface area (Å²) in [5.41, 5.74) is 8.10. The molecular formula is C11H14N2. The van der Waals surface area contributed by atoms with E-state index in [1.54, 1.807) is 0 Å². The van der Waals surface area contributed by atoms with Crippen molar-refractivity contribution in [2.75, 3.05) is 6.54 Å². The van der Waals surface area contributed by atoms with Crippen molar-refractivity contribution in [2.24, 2.45) is 5.73 Å². The van der Waals surface area contributed by atoms with Gasteiger partial charge in [-0.3, -0.25) is 0 Å². The minimum atomic E-state index is 0.692. The Morgan fingerprint density at radius 3 is 2.92 bits per heavy atom. The fourth-order valence-electron chi connectivity index (χ4n) is 1.65. The summed E-state index contributed by atoms with van der Waals surface area (Å²) in [6.45, 7) is 3.70. The van der Waals surface area contributed by atoms with Crippen LogP contribution in [0.4, 0.5) is 0 Å². The first-order valence-corrected chi connectivity index (χ1v) is 4.57. The van der Waals surface area contributed by atoms with E-state index in [2.05, 4.69) is 42.0 Å². The van der Waals surface area contributed by atoms with Gasteiger partial charge in [0.1, 0.15) is 0 Å². The summed E-state index contributed by atoms with van der Waals surface area (Å²) in [7, 11) is 0. The van der Waals surface area contributed by atoms with Crippen LogP contribution in [0, 0.1) is 6.92 Å². The molecule has 2 heteroatoms. The third-order valence-corrected chi connectivity index (χ3v) is 2.30. The lowest BCUT2D eigenvalue weighted by Crippen LogP contribution is -2.08. The number of nitrogens with zero attached hydrogens (tertiary/aromatic N) is 1. The molecule has 0 aliphatic carbocycles. The van der Waals surface area contributed by atoms with Gasteiger partial charge in [-0.1, -0.05) is 11.6 Å². The van der Waals surface area contributed by atoms with Crippen LogP contribution in [0.3, 0.4) is 0 Å². The average molecular weight is 174 g/mol. The second kappa shape index (κ2) is 3.23. The standard InChI is InChI=1S/C11H14N2/c1-9-2-3-11-10(8-9)4-6-13(11)7-5-12/h2-4,6,8H,5,7,12H2,1H3. The average Bonchev–Trinajstić information content (AvgIpc) is 2.49. The Morgan fingerprint density at radius 2 is 2.15 bits per heavy atom. The van der Waals surface area contributed by atoms with Crippen molar-refractivity contribution < 1.29 is 0 Å². The van der Waals surface area contributed by atoms with Crippen LogP contribution in [0.25, 0.3) is 10.9 Å². The number of aromatic nitrogens is 1. The Hall–Kier alpha value is -1.28. The molecule has 2 nitrogen and oxygen atoms in total. The SMILES string of the molecule is Cc1ccc2c(ccn2CCN)c1. The van der Waals surface area contributed by atoms with Crippen LogP contribution in [0.5, 0.6) is 0 Å². The Balaban J connectivity index is 2.55. The van der Waals surface area contributed by atoms with Crippen LogP contribution in [0.1, 0.15) is 5.56 Å². The summed E-state index contributed by atoms with van der Waals surface area (Å²) in [4.78, 5) is 0. The number of hydrogen-bond acceptors (Lipinski definition) is 1. The number of hydrogen-bond donors (Lipinski definition) is 1. The van der Waals surface area contributed by atoms with Crippen LogP contribution in [0.15, 0.2) is 30.5 Å². The lowest BCUT2D eigenvalue weighted by Gasteiger charge is -2.02. The van der Waals surface area contributed by atoms with Crippen molar-refractivity contribution in [3.63, 3.8) is 0 Å². The first-order chi connectivity index (χ1) is 6.31. The molecule has 0 aliphatic heterocycles. The van der Waals surface area contributed by atoms with Gasteiger partial charge in [-0.25, -0.2) is 0 Å². The largest absolute Gasteiger partial charge is 0.346 e. The van der Waals surface area contributed by atoms with E-state index in [4.69, 9.17) is 5.73 Å². The van der Waals surface area contributed by atoms with Crippen LogP contribution < -0.4 is 5.73 Å². The maximum absolute atomic E-state index is 5.52. The first-order valence-electron chi connectivity index (χ1n) is 4.57. The third kappa shape index (κ3) is 1.45. The van der Waals surface area contributed by atoms with Gasteiger partial charge in [0.2, 0.25) is 0 Å². The molecule has 0 bridgehead atoms. The van der Waals surface area contributed by atoms with Crippen LogP contribution in [0.2, 0.25) is 0 Å². The van der Waals surface area contributed by atoms with E-state index in [0.717, 1.165) is 6.54 Å². The van der Waals surface area contributed by atoms with Crippen molar-refractivity contribution >= 4 is 10.9 Å². The monoisotopic (exact) mass is 174 g/mol. The molecule has 13 heavy (non-hydrogen) atoms. The number of rotatable bonds is 2. The van der Waals surface area contributed by atoms with Crippen LogP contribution in [-0.2, 0) is 6.54 Å². The van der Waals surface area contributed by atoms with Crippen LogP contribution in [-0.4, -0.2) is 11.1 Å². The summed E-state index contributed by atoms with van der Waals surface area (Å²) in [6, 6.07) is 8.62. The van der Waals surface area contributed by atoms with E-state index >= 15 is 0 Å². The number of aryl methyl sites for hydroxylation is 1. The number of nitrogens with two attached hydrogens (primary N) is 1. The first kappa shape index (κ1) is 8.32. The molecule has 2 rings (SSSR count). The number of fused-ring (bicyclic) bond motifs is 1. The summed E-state index contributed by atoms with van der Waals surface area (Å²) in [6.07, 6.45) is 2.09. The predicted octanol–water partition coefficient (Wildman–Crippen LogP) is 1.91. The second-order valence-corrected chi connectivity index (χ2v) is 3.36. The molecule has 0 saturated heterocycles. The summed E-state index contributed by atoms with van der Waals surface area (Å²) in [5, 5.41) is 1.30. The topological polar surface area (TPSA) is 30.9 Å². The maximum Gasteiger partial charge on any atom is 0.0480 e. The Kier molecular flexibility index (Phi) is 2.07. The number of benzene rings is 1. The zero-order valence-corrected chi connectivity index (χ0v) is 7.83. The predicted molar refractivity (Wildman–Crippen MR) is 55.7 cm³/mol. The smallest absolute Gasteiger partial charge is 0.0480 e. The minimum absolute atomic E-state index is 0.692. The highest BCUT2D eigenvalue weighted by atomic mass is 15.0. The molecule has 0 aliphatic rings. The Bertz CT molecular complexity index is 415. The zero-order chi connectivity index (χ0) is 9.26. The van der Waals surface area contributed by atoms with E-state index in [1.807, 2.05) is 0 Å². The van der Waals surface area contributed by atoms with Crippen molar-refractivity contribution in [3.05, 3.63) is 36.0 Å². The summed E-state index contributed by atoms with van der Waals surface area (Å²) < 4.78 is 2.19. The highest BCUT2D eigenvalue weighted by molar-refractivity contribution is 5.80. The molecule has 1 heterocycles. The molecule has 2 aromatic rings.